The van der Waals surface area contributed by atoms with Crippen molar-refractivity contribution in [1.29, 1.82) is 0 Å². The molecule has 2 N–H and O–H groups in total. The van der Waals surface area contributed by atoms with Crippen molar-refractivity contribution in [3.8, 4) is 17.6 Å². The summed E-state index contributed by atoms with van der Waals surface area (Å²) in [6.07, 6.45) is -0.724. The first kappa shape index (κ1) is 16.3. The molecule has 0 heterocycles. The van der Waals surface area contributed by atoms with Crippen molar-refractivity contribution in [1.82, 2.24) is 0 Å². The van der Waals surface area contributed by atoms with Gasteiger partial charge >= 0.3 is 5.97 Å². The van der Waals surface area contributed by atoms with Crippen LogP contribution < -0.4 is 4.74 Å². The number of hydrogen-bond acceptors (Lipinski definition) is 4. The van der Waals surface area contributed by atoms with E-state index in [4.69, 9.17) is 14.9 Å². The van der Waals surface area contributed by atoms with E-state index >= 15 is 0 Å². The van der Waals surface area contributed by atoms with Crippen molar-refractivity contribution in [3.63, 3.8) is 0 Å². The maximum atomic E-state index is 10.8. The van der Waals surface area contributed by atoms with Gasteiger partial charge in [0.1, 0.15) is 18.5 Å². The Labute approximate surface area is 133 Å². The summed E-state index contributed by atoms with van der Waals surface area (Å²) in [5.41, 5.74) is 1.69. The smallest absolute Gasteiger partial charge is 0.335 e. The van der Waals surface area contributed by atoms with E-state index in [0.717, 1.165) is 5.56 Å². The molecule has 1 atom stereocenters. The van der Waals surface area contributed by atoms with E-state index in [2.05, 4.69) is 11.8 Å². The van der Waals surface area contributed by atoms with E-state index in [-0.39, 0.29) is 12.2 Å². The lowest BCUT2D eigenvalue weighted by Gasteiger charge is -2.06. The first-order valence-corrected chi connectivity index (χ1v) is 6.80. The molecule has 0 spiro atoms. The summed E-state index contributed by atoms with van der Waals surface area (Å²) < 4.78 is 5.23. The minimum Gasteiger partial charge on any atom is -0.490 e. The highest BCUT2D eigenvalue weighted by atomic mass is 16.5. The first-order chi connectivity index (χ1) is 11.1. The third-order valence-electron chi connectivity index (χ3n) is 2.92. The van der Waals surface area contributed by atoms with Crippen molar-refractivity contribution < 1.29 is 24.5 Å². The average molecular weight is 310 g/mol. The van der Waals surface area contributed by atoms with Crippen molar-refractivity contribution >= 4 is 12.3 Å². The molecule has 0 radical (unpaired) electrons. The Morgan fingerprint density at radius 3 is 2.04 bits per heavy atom. The van der Waals surface area contributed by atoms with Crippen LogP contribution in [-0.4, -0.2) is 35.2 Å². The van der Waals surface area contributed by atoms with E-state index in [1.807, 2.05) is 0 Å². The number of carbonyl (C=O) groups is 2. The van der Waals surface area contributed by atoms with Crippen LogP contribution in [0.3, 0.4) is 0 Å². The number of hydrogen-bond donors (Lipinski definition) is 2. The fourth-order valence-corrected chi connectivity index (χ4v) is 1.70. The molecule has 0 saturated heterocycles. The van der Waals surface area contributed by atoms with Gasteiger partial charge in [-0.15, -0.1) is 0 Å². The molecule has 2 rings (SSSR count). The second-order valence-electron chi connectivity index (χ2n) is 4.67. The maximum Gasteiger partial charge on any atom is 0.335 e. The molecule has 0 aliphatic carbocycles. The van der Waals surface area contributed by atoms with E-state index < -0.39 is 12.1 Å². The van der Waals surface area contributed by atoms with Gasteiger partial charge in [-0.2, -0.15) is 0 Å². The van der Waals surface area contributed by atoms with Gasteiger partial charge in [-0.25, -0.2) is 4.79 Å². The maximum absolute atomic E-state index is 10.8. The van der Waals surface area contributed by atoms with Crippen molar-refractivity contribution in [2.24, 2.45) is 0 Å². The molecule has 0 bridgehead atoms. The summed E-state index contributed by atoms with van der Waals surface area (Å²) in [6, 6.07) is 13.2. The van der Waals surface area contributed by atoms with Gasteiger partial charge in [0, 0.05) is 11.1 Å². The number of aldehydes is 1. The van der Waals surface area contributed by atoms with Crippen LogP contribution in [0.4, 0.5) is 0 Å². The van der Waals surface area contributed by atoms with Crippen LogP contribution in [0.5, 0.6) is 5.75 Å². The number of aliphatic hydroxyl groups excluding tert-OH is 1. The molecule has 0 saturated carbocycles. The second-order valence-corrected chi connectivity index (χ2v) is 4.67. The van der Waals surface area contributed by atoms with Crippen LogP contribution >= 0.6 is 0 Å². The Balaban J connectivity index is 2.01. The van der Waals surface area contributed by atoms with Crippen molar-refractivity contribution in [2.45, 2.75) is 6.10 Å². The van der Waals surface area contributed by atoms with E-state index in [9.17, 15) is 9.59 Å². The molecular formula is C18H14O5. The minimum atomic E-state index is -1.14. The molecule has 2 aromatic carbocycles. The predicted octanol–water partition coefficient (Wildman–Crippen LogP) is 1.72. The Morgan fingerprint density at radius 2 is 1.57 bits per heavy atom. The minimum absolute atomic E-state index is 0.0928. The standard InChI is InChI=1S/C18H14O5/c19-11-16(20)12-23-17-9-5-14(6-10-17)2-1-13-3-7-15(8-4-13)18(21)22/h3-11,16,20H,12H2,(H,21,22). The van der Waals surface area contributed by atoms with Gasteiger partial charge in [-0.3, -0.25) is 0 Å². The quantitative estimate of drug-likeness (QED) is 0.649. The Hall–Kier alpha value is -3.10. The molecule has 0 amide bonds. The molecule has 0 aromatic heterocycles. The van der Waals surface area contributed by atoms with Crippen LogP contribution in [0.15, 0.2) is 48.5 Å². The average Bonchev–Trinajstić information content (AvgIpc) is 2.59. The number of ether oxygens (including phenoxy) is 1. The van der Waals surface area contributed by atoms with E-state index in [1.165, 1.54) is 12.1 Å². The topological polar surface area (TPSA) is 83.8 Å². The van der Waals surface area contributed by atoms with Gasteiger partial charge in [0.2, 0.25) is 0 Å². The SMILES string of the molecule is O=CC(O)COc1ccc(C#Cc2ccc(C(=O)O)cc2)cc1. The molecule has 116 valence electrons. The van der Waals surface area contributed by atoms with Crippen LogP contribution in [0.1, 0.15) is 21.5 Å². The second kappa shape index (κ2) is 7.78. The van der Waals surface area contributed by atoms with Gasteiger partial charge < -0.3 is 19.7 Å². The van der Waals surface area contributed by atoms with Gasteiger partial charge in [-0.1, -0.05) is 11.8 Å². The van der Waals surface area contributed by atoms with Gasteiger partial charge in [0.25, 0.3) is 0 Å². The zero-order valence-electron chi connectivity index (χ0n) is 12.1. The summed E-state index contributed by atoms with van der Waals surface area (Å²) in [5.74, 6) is 5.45. The molecule has 0 aliphatic rings. The summed E-state index contributed by atoms with van der Waals surface area (Å²) >= 11 is 0. The normalized spacial score (nSPS) is 11.0. The lowest BCUT2D eigenvalue weighted by molar-refractivity contribution is -0.116. The summed E-state index contributed by atoms with van der Waals surface area (Å²) in [7, 11) is 0. The molecular weight excluding hydrogens is 296 g/mol. The van der Waals surface area contributed by atoms with Crippen molar-refractivity contribution in [3.05, 3.63) is 65.2 Å². The molecule has 0 fully saturated rings. The molecule has 5 nitrogen and oxygen atoms in total. The summed E-state index contributed by atoms with van der Waals surface area (Å²) in [4.78, 5) is 21.0. The number of rotatable bonds is 5. The molecule has 2 aromatic rings. The Morgan fingerprint density at radius 1 is 1.04 bits per heavy atom. The summed E-state index contributed by atoms with van der Waals surface area (Å²) in [6.45, 7) is -0.0928. The van der Waals surface area contributed by atoms with Crippen LogP contribution in [-0.2, 0) is 4.79 Å². The zero-order chi connectivity index (χ0) is 16.7. The monoisotopic (exact) mass is 310 g/mol. The fraction of sp³-hybridized carbons (Fsp3) is 0.111. The number of carbonyl (C=O) groups excluding carboxylic acids is 1. The molecule has 1 unspecified atom stereocenters. The van der Waals surface area contributed by atoms with E-state index in [1.54, 1.807) is 36.4 Å². The summed E-state index contributed by atoms with van der Waals surface area (Å²) in [5, 5.41) is 17.9. The highest BCUT2D eigenvalue weighted by molar-refractivity contribution is 5.87. The molecule has 5 heteroatoms. The first-order valence-electron chi connectivity index (χ1n) is 6.80. The fourth-order valence-electron chi connectivity index (χ4n) is 1.70. The molecule has 0 aliphatic heterocycles. The third kappa shape index (κ3) is 4.99. The number of carboxylic acids is 1. The Kier molecular flexibility index (Phi) is 5.50. The van der Waals surface area contributed by atoms with Gasteiger partial charge in [0.05, 0.1) is 5.56 Å². The highest BCUT2D eigenvalue weighted by Crippen LogP contribution is 2.12. The number of carboxylic acid groups (broad SMARTS) is 1. The highest BCUT2D eigenvalue weighted by Gasteiger charge is 2.02. The van der Waals surface area contributed by atoms with Gasteiger partial charge in [0.15, 0.2) is 6.29 Å². The zero-order valence-corrected chi connectivity index (χ0v) is 12.1. The van der Waals surface area contributed by atoms with E-state index in [0.29, 0.717) is 17.6 Å². The number of aromatic carboxylic acids is 1. The van der Waals surface area contributed by atoms with Crippen molar-refractivity contribution in [2.75, 3.05) is 6.61 Å². The lowest BCUT2D eigenvalue weighted by Crippen LogP contribution is -2.18. The largest absolute Gasteiger partial charge is 0.490 e. The van der Waals surface area contributed by atoms with Gasteiger partial charge in [-0.05, 0) is 48.5 Å². The van der Waals surface area contributed by atoms with Crippen LogP contribution in [0.2, 0.25) is 0 Å². The Bertz CT molecular complexity index is 736. The molecule has 23 heavy (non-hydrogen) atoms. The van der Waals surface area contributed by atoms with Crippen LogP contribution in [0, 0.1) is 11.8 Å². The number of aliphatic hydroxyl groups is 1. The number of benzene rings is 2. The van der Waals surface area contributed by atoms with Crippen LogP contribution in [0.25, 0.3) is 0 Å². The lowest BCUT2D eigenvalue weighted by atomic mass is 10.1. The third-order valence-corrected chi connectivity index (χ3v) is 2.92. The predicted molar refractivity (Wildman–Crippen MR) is 83.4 cm³/mol.